The van der Waals surface area contributed by atoms with Crippen LogP contribution in [0, 0.1) is 0 Å². The molecule has 1 rings (SSSR count). The number of ether oxygens (including phenoxy) is 1. The lowest BCUT2D eigenvalue weighted by Crippen LogP contribution is -2.40. The van der Waals surface area contributed by atoms with Crippen molar-refractivity contribution in [2.75, 3.05) is 13.2 Å². The summed E-state index contributed by atoms with van der Waals surface area (Å²) in [5.41, 5.74) is 0. The molecule has 2 atom stereocenters. The third kappa shape index (κ3) is 5.33. The Morgan fingerprint density at radius 1 is 1.41 bits per heavy atom. The van der Waals surface area contributed by atoms with Crippen LogP contribution in [0.2, 0.25) is 0 Å². The Kier molecular flexibility index (Phi) is 5.45. The van der Waals surface area contributed by atoms with Crippen LogP contribution in [0.1, 0.15) is 6.92 Å². The quantitative estimate of drug-likeness (QED) is 0.645. The van der Waals surface area contributed by atoms with Gasteiger partial charge in [0.25, 0.3) is 0 Å². The van der Waals surface area contributed by atoms with Gasteiger partial charge in [-0.05, 0) is 19.1 Å². The first-order chi connectivity index (χ1) is 8.09. The molecule has 1 aromatic carbocycles. The molecule has 5 nitrogen and oxygen atoms in total. The van der Waals surface area contributed by atoms with Crippen LogP contribution >= 0.6 is 0 Å². The van der Waals surface area contributed by atoms with E-state index in [1.54, 1.807) is 12.1 Å². The Morgan fingerprint density at radius 3 is 2.65 bits per heavy atom. The summed E-state index contributed by atoms with van der Waals surface area (Å²) in [6, 6.07) is 8.46. The van der Waals surface area contributed by atoms with Gasteiger partial charge in [0.15, 0.2) is 0 Å². The molecule has 94 valence electrons. The Labute approximate surface area is 100 Å². The fraction of sp³-hybridized carbons (Fsp3) is 0.417. The number of carboxylic acid groups (broad SMARTS) is 1. The van der Waals surface area contributed by atoms with Crippen molar-refractivity contribution in [1.29, 1.82) is 0 Å². The molecule has 2 unspecified atom stereocenters. The monoisotopic (exact) mass is 239 g/mol. The minimum atomic E-state index is -0.943. The summed E-state index contributed by atoms with van der Waals surface area (Å²) in [4.78, 5) is 10.5. The van der Waals surface area contributed by atoms with Crippen molar-refractivity contribution >= 4 is 5.97 Å². The van der Waals surface area contributed by atoms with Crippen LogP contribution in [0.25, 0.3) is 0 Å². The van der Waals surface area contributed by atoms with Crippen molar-refractivity contribution in [3.63, 3.8) is 0 Å². The van der Waals surface area contributed by atoms with Crippen molar-refractivity contribution < 1.29 is 19.7 Å². The number of carboxylic acids is 1. The number of aliphatic hydroxyl groups is 1. The second-order valence-corrected chi connectivity index (χ2v) is 3.75. The van der Waals surface area contributed by atoms with Gasteiger partial charge in [0, 0.05) is 6.54 Å². The molecule has 0 bridgehead atoms. The van der Waals surface area contributed by atoms with Gasteiger partial charge in [-0.1, -0.05) is 18.2 Å². The highest BCUT2D eigenvalue weighted by molar-refractivity contribution is 5.72. The van der Waals surface area contributed by atoms with Gasteiger partial charge in [-0.2, -0.15) is 0 Å². The second kappa shape index (κ2) is 6.88. The fourth-order valence-electron chi connectivity index (χ4n) is 1.17. The molecule has 3 N–H and O–H groups in total. The van der Waals surface area contributed by atoms with Gasteiger partial charge in [-0.3, -0.25) is 4.79 Å². The molecule has 1 aromatic rings. The molecule has 0 saturated heterocycles. The Bertz CT molecular complexity index is 342. The van der Waals surface area contributed by atoms with Crippen molar-refractivity contribution in [2.24, 2.45) is 0 Å². The highest BCUT2D eigenvalue weighted by atomic mass is 16.5. The lowest BCUT2D eigenvalue weighted by Gasteiger charge is -2.15. The Balaban J connectivity index is 2.22. The van der Waals surface area contributed by atoms with E-state index in [4.69, 9.17) is 9.84 Å². The van der Waals surface area contributed by atoms with E-state index < -0.39 is 18.1 Å². The van der Waals surface area contributed by atoms with Crippen LogP contribution in [-0.4, -0.2) is 41.5 Å². The van der Waals surface area contributed by atoms with Gasteiger partial charge >= 0.3 is 5.97 Å². The molecule has 0 saturated carbocycles. The number of para-hydroxylation sites is 1. The predicted octanol–water partition coefficient (Wildman–Crippen LogP) is 0.489. The fourth-order valence-corrected chi connectivity index (χ4v) is 1.17. The standard InChI is InChI=1S/C12H17NO4/c1-9(12(15)16)13-7-10(14)8-17-11-5-3-2-4-6-11/h2-6,9-10,13-14H,7-8H2,1H3,(H,15,16). The summed E-state index contributed by atoms with van der Waals surface area (Å²) in [5, 5.41) is 20.9. The molecule has 0 radical (unpaired) electrons. The summed E-state index contributed by atoms with van der Waals surface area (Å²) < 4.78 is 5.32. The molecule has 17 heavy (non-hydrogen) atoms. The summed E-state index contributed by atoms with van der Waals surface area (Å²) in [6.07, 6.45) is -0.739. The number of rotatable bonds is 7. The molecule has 0 amide bonds. The van der Waals surface area contributed by atoms with Gasteiger partial charge in [0.05, 0.1) is 0 Å². The second-order valence-electron chi connectivity index (χ2n) is 3.75. The van der Waals surface area contributed by atoms with E-state index in [0.717, 1.165) is 0 Å². The highest BCUT2D eigenvalue weighted by Gasteiger charge is 2.12. The van der Waals surface area contributed by atoms with E-state index >= 15 is 0 Å². The van der Waals surface area contributed by atoms with Crippen LogP contribution in [0.15, 0.2) is 30.3 Å². The maximum atomic E-state index is 10.5. The summed E-state index contributed by atoms with van der Waals surface area (Å²) in [7, 11) is 0. The zero-order valence-corrected chi connectivity index (χ0v) is 9.67. The maximum Gasteiger partial charge on any atom is 0.320 e. The van der Waals surface area contributed by atoms with E-state index in [1.165, 1.54) is 6.92 Å². The number of nitrogens with one attached hydrogen (secondary N) is 1. The summed E-state index contributed by atoms with van der Waals surface area (Å²) in [5.74, 6) is -0.265. The molecule has 0 heterocycles. The molecule has 0 fully saturated rings. The van der Waals surface area contributed by atoms with E-state index in [2.05, 4.69) is 5.32 Å². The minimum Gasteiger partial charge on any atom is -0.491 e. The first kappa shape index (κ1) is 13.5. The van der Waals surface area contributed by atoms with Crippen LogP contribution in [0.4, 0.5) is 0 Å². The first-order valence-electron chi connectivity index (χ1n) is 5.41. The van der Waals surface area contributed by atoms with E-state index in [0.29, 0.717) is 5.75 Å². The normalized spacial score (nSPS) is 14.0. The van der Waals surface area contributed by atoms with Gasteiger partial charge in [-0.15, -0.1) is 0 Å². The molecular weight excluding hydrogens is 222 g/mol. The topological polar surface area (TPSA) is 78.8 Å². The lowest BCUT2D eigenvalue weighted by atomic mass is 10.3. The highest BCUT2D eigenvalue weighted by Crippen LogP contribution is 2.08. The van der Waals surface area contributed by atoms with Crippen LogP contribution in [0.5, 0.6) is 5.75 Å². The zero-order valence-electron chi connectivity index (χ0n) is 9.67. The third-order valence-electron chi connectivity index (χ3n) is 2.22. The summed E-state index contributed by atoms with van der Waals surface area (Å²) >= 11 is 0. The molecular formula is C12H17NO4. The maximum absolute atomic E-state index is 10.5. The summed E-state index contributed by atoms with van der Waals surface area (Å²) in [6.45, 7) is 1.83. The van der Waals surface area contributed by atoms with Gasteiger partial charge in [0.2, 0.25) is 0 Å². The van der Waals surface area contributed by atoms with Gasteiger partial charge < -0.3 is 20.3 Å². The minimum absolute atomic E-state index is 0.128. The molecule has 0 aliphatic rings. The van der Waals surface area contributed by atoms with Gasteiger partial charge in [0.1, 0.15) is 24.5 Å². The number of aliphatic carboxylic acids is 1. The average Bonchev–Trinajstić information content (AvgIpc) is 2.34. The molecule has 5 heteroatoms. The number of carbonyl (C=O) groups is 1. The smallest absolute Gasteiger partial charge is 0.320 e. The van der Waals surface area contributed by atoms with Crippen molar-refractivity contribution in [2.45, 2.75) is 19.1 Å². The molecule has 0 spiro atoms. The zero-order chi connectivity index (χ0) is 12.7. The number of aliphatic hydroxyl groups excluding tert-OH is 1. The van der Waals surface area contributed by atoms with E-state index in [-0.39, 0.29) is 13.2 Å². The van der Waals surface area contributed by atoms with Crippen molar-refractivity contribution in [1.82, 2.24) is 5.32 Å². The Morgan fingerprint density at radius 2 is 2.06 bits per heavy atom. The Hall–Kier alpha value is -1.59. The largest absolute Gasteiger partial charge is 0.491 e. The number of hydrogen-bond acceptors (Lipinski definition) is 4. The van der Waals surface area contributed by atoms with Gasteiger partial charge in [-0.25, -0.2) is 0 Å². The number of benzene rings is 1. The van der Waals surface area contributed by atoms with Crippen LogP contribution < -0.4 is 10.1 Å². The molecule has 0 aromatic heterocycles. The van der Waals surface area contributed by atoms with Crippen molar-refractivity contribution in [3.05, 3.63) is 30.3 Å². The molecule has 0 aliphatic carbocycles. The lowest BCUT2D eigenvalue weighted by molar-refractivity contribution is -0.139. The predicted molar refractivity (Wildman–Crippen MR) is 63.0 cm³/mol. The van der Waals surface area contributed by atoms with E-state index in [9.17, 15) is 9.90 Å². The van der Waals surface area contributed by atoms with E-state index in [1.807, 2.05) is 18.2 Å². The third-order valence-corrected chi connectivity index (χ3v) is 2.22. The van der Waals surface area contributed by atoms with Crippen molar-refractivity contribution in [3.8, 4) is 5.75 Å². The van der Waals surface area contributed by atoms with Crippen LogP contribution in [0.3, 0.4) is 0 Å². The molecule has 0 aliphatic heterocycles. The first-order valence-corrected chi connectivity index (χ1v) is 5.41. The average molecular weight is 239 g/mol. The SMILES string of the molecule is CC(NCC(O)COc1ccccc1)C(=O)O. The number of hydrogen-bond donors (Lipinski definition) is 3. The van der Waals surface area contributed by atoms with Crippen LogP contribution in [-0.2, 0) is 4.79 Å².